The van der Waals surface area contributed by atoms with Crippen LogP contribution in [0.25, 0.3) is 22.2 Å². The summed E-state index contributed by atoms with van der Waals surface area (Å²) < 4.78 is 0. The third-order valence-electron chi connectivity index (χ3n) is 3.25. The lowest BCUT2D eigenvalue weighted by molar-refractivity contribution is 0.0699. The van der Waals surface area contributed by atoms with Crippen LogP contribution in [-0.4, -0.2) is 21.0 Å². The van der Waals surface area contributed by atoms with Gasteiger partial charge in [-0.2, -0.15) is 0 Å². The summed E-state index contributed by atoms with van der Waals surface area (Å²) in [6, 6.07) is 11.8. The van der Waals surface area contributed by atoms with Gasteiger partial charge in [-0.05, 0) is 29.8 Å². The van der Waals surface area contributed by atoms with E-state index in [1.165, 1.54) is 6.07 Å². The first-order valence-electron chi connectivity index (χ1n) is 6.39. The Morgan fingerprint density at radius 2 is 2.00 bits per heavy atom. The van der Waals surface area contributed by atoms with E-state index in [0.29, 0.717) is 16.9 Å². The number of hydrogen-bond donors (Lipinski definition) is 2. The van der Waals surface area contributed by atoms with Gasteiger partial charge in [-0.15, -0.1) is 0 Å². The number of aromatic nitrogens is 2. The SMILES string of the molecule is Cc1cc(=O)[nH]c(-c2ccc3c(C(=O)O)cccc3c2)n1. The van der Waals surface area contributed by atoms with Crippen molar-refractivity contribution < 1.29 is 9.90 Å². The predicted molar refractivity (Wildman–Crippen MR) is 79.5 cm³/mol. The number of nitrogens with one attached hydrogen (secondary N) is 1. The van der Waals surface area contributed by atoms with Crippen molar-refractivity contribution in [2.75, 3.05) is 0 Å². The van der Waals surface area contributed by atoms with Crippen molar-refractivity contribution in [3.05, 3.63) is 64.1 Å². The van der Waals surface area contributed by atoms with E-state index in [9.17, 15) is 14.7 Å². The van der Waals surface area contributed by atoms with Crippen molar-refractivity contribution in [3.63, 3.8) is 0 Å². The fraction of sp³-hybridized carbons (Fsp3) is 0.0625. The Morgan fingerprint density at radius 1 is 1.19 bits per heavy atom. The molecule has 3 rings (SSSR count). The van der Waals surface area contributed by atoms with E-state index in [2.05, 4.69) is 9.97 Å². The number of carboxylic acids is 1. The van der Waals surface area contributed by atoms with Crippen LogP contribution in [-0.2, 0) is 0 Å². The molecule has 5 nitrogen and oxygen atoms in total. The molecule has 0 bridgehead atoms. The Bertz CT molecular complexity index is 913. The Labute approximate surface area is 119 Å². The second-order valence-electron chi connectivity index (χ2n) is 4.78. The molecule has 0 amide bonds. The lowest BCUT2D eigenvalue weighted by Gasteiger charge is -2.06. The number of benzene rings is 2. The van der Waals surface area contributed by atoms with Gasteiger partial charge in [-0.1, -0.05) is 24.3 Å². The molecule has 2 aromatic carbocycles. The summed E-state index contributed by atoms with van der Waals surface area (Å²) in [7, 11) is 0. The van der Waals surface area contributed by atoms with Crippen LogP contribution in [0.5, 0.6) is 0 Å². The van der Waals surface area contributed by atoms with Gasteiger partial charge < -0.3 is 10.1 Å². The first kappa shape index (κ1) is 13.1. The van der Waals surface area contributed by atoms with E-state index in [0.717, 1.165) is 10.9 Å². The minimum atomic E-state index is -0.963. The fourth-order valence-electron chi connectivity index (χ4n) is 2.33. The third-order valence-corrected chi connectivity index (χ3v) is 3.25. The topological polar surface area (TPSA) is 83.0 Å². The van der Waals surface area contributed by atoms with Gasteiger partial charge in [-0.25, -0.2) is 9.78 Å². The predicted octanol–water partition coefficient (Wildman–Crippen LogP) is 2.60. The van der Waals surface area contributed by atoms with Crippen LogP contribution < -0.4 is 5.56 Å². The van der Waals surface area contributed by atoms with Crippen molar-refractivity contribution in [2.24, 2.45) is 0 Å². The average molecular weight is 280 g/mol. The van der Waals surface area contributed by atoms with Gasteiger partial charge in [0.2, 0.25) is 0 Å². The molecule has 0 saturated heterocycles. The number of aromatic carboxylic acids is 1. The minimum Gasteiger partial charge on any atom is -0.478 e. The van der Waals surface area contributed by atoms with E-state index in [4.69, 9.17) is 0 Å². The molecule has 0 aliphatic heterocycles. The number of aryl methyl sites for hydroxylation is 1. The summed E-state index contributed by atoms with van der Waals surface area (Å²) in [6.45, 7) is 1.75. The molecule has 0 saturated carbocycles. The largest absolute Gasteiger partial charge is 0.478 e. The van der Waals surface area contributed by atoms with Gasteiger partial charge in [0.25, 0.3) is 5.56 Å². The number of fused-ring (bicyclic) bond motifs is 1. The third kappa shape index (κ3) is 2.41. The lowest BCUT2D eigenvalue weighted by atomic mass is 10.0. The highest BCUT2D eigenvalue weighted by Gasteiger charge is 2.09. The molecule has 0 atom stereocenters. The van der Waals surface area contributed by atoms with Gasteiger partial charge in [0, 0.05) is 17.3 Å². The molecular weight excluding hydrogens is 268 g/mol. The summed E-state index contributed by atoms with van der Waals surface area (Å²) >= 11 is 0. The van der Waals surface area contributed by atoms with Crippen molar-refractivity contribution in [2.45, 2.75) is 6.92 Å². The molecular formula is C16H12N2O3. The zero-order valence-electron chi connectivity index (χ0n) is 11.3. The molecule has 1 aromatic heterocycles. The molecule has 0 radical (unpaired) electrons. The van der Waals surface area contributed by atoms with Crippen LogP contribution in [0.1, 0.15) is 16.1 Å². The van der Waals surface area contributed by atoms with E-state index >= 15 is 0 Å². The molecule has 0 spiro atoms. The highest BCUT2D eigenvalue weighted by Crippen LogP contribution is 2.24. The van der Waals surface area contributed by atoms with Crippen LogP contribution in [0.4, 0.5) is 0 Å². The second kappa shape index (κ2) is 4.86. The van der Waals surface area contributed by atoms with Crippen molar-refractivity contribution in [1.82, 2.24) is 9.97 Å². The van der Waals surface area contributed by atoms with Gasteiger partial charge in [0.1, 0.15) is 5.82 Å². The normalized spacial score (nSPS) is 10.7. The Kier molecular flexibility index (Phi) is 3.02. The summed E-state index contributed by atoms with van der Waals surface area (Å²) in [5.41, 5.74) is 1.42. The smallest absolute Gasteiger partial charge is 0.336 e. The zero-order chi connectivity index (χ0) is 15.0. The first-order valence-corrected chi connectivity index (χ1v) is 6.39. The number of aromatic amines is 1. The summed E-state index contributed by atoms with van der Waals surface area (Å²) in [6.07, 6.45) is 0. The van der Waals surface area contributed by atoms with Gasteiger partial charge in [0.05, 0.1) is 5.56 Å². The highest BCUT2D eigenvalue weighted by molar-refractivity contribution is 6.04. The Morgan fingerprint density at radius 3 is 2.71 bits per heavy atom. The number of carboxylic acid groups (broad SMARTS) is 1. The van der Waals surface area contributed by atoms with Gasteiger partial charge >= 0.3 is 5.97 Å². The molecule has 1 heterocycles. The molecule has 2 N–H and O–H groups in total. The summed E-state index contributed by atoms with van der Waals surface area (Å²) in [5.74, 6) is -0.488. The summed E-state index contributed by atoms with van der Waals surface area (Å²) in [4.78, 5) is 29.7. The molecule has 104 valence electrons. The number of H-pyrrole nitrogens is 1. The van der Waals surface area contributed by atoms with Gasteiger partial charge in [-0.3, -0.25) is 4.79 Å². The van der Waals surface area contributed by atoms with Gasteiger partial charge in [0.15, 0.2) is 0 Å². The molecule has 5 heteroatoms. The molecule has 0 unspecified atom stereocenters. The molecule has 0 fully saturated rings. The van der Waals surface area contributed by atoms with Crippen LogP contribution in [0.2, 0.25) is 0 Å². The number of carbonyl (C=O) groups is 1. The monoisotopic (exact) mass is 280 g/mol. The Balaban J connectivity index is 2.22. The molecule has 21 heavy (non-hydrogen) atoms. The van der Waals surface area contributed by atoms with E-state index < -0.39 is 5.97 Å². The number of hydrogen-bond acceptors (Lipinski definition) is 3. The van der Waals surface area contributed by atoms with Crippen molar-refractivity contribution in [3.8, 4) is 11.4 Å². The maximum atomic E-state index is 11.5. The molecule has 0 aliphatic carbocycles. The van der Waals surface area contributed by atoms with Crippen LogP contribution >= 0.6 is 0 Å². The number of rotatable bonds is 2. The number of nitrogens with zero attached hydrogens (tertiary/aromatic N) is 1. The van der Waals surface area contributed by atoms with E-state index in [1.54, 1.807) is 31.2 Å². The van der Waals surface area contributed by atoms with Crippen LogP contribution in [0, 0.1) is 6.92 Å². The lowest BCUT2D eigenvalue weighted by Crippen LogP contribution is -2.08. The van der Waals surface area contributed by atoms with Crippen molar-refractivity contribution >= 4 is 16.7 Å². The van der Waals surface area contributed by atoms with Crippen LogP contribution in [0.3, 0.4) is 0 Å². The fourth-order valence-corrected chi connectivity index (χ4v) is 2.33. The van der Waals surface area contributed by atoms with E-state index in [-0.39, 0.29) is 11.1 Å². The first-order chi connectivity index (χ1) is 10.0. The maximum absolute atomic E-state index is 11.5. The quantitative estimate of drug-likeness (QED) is 0.755. The minimum absolute atomic E-state index is 0.211. The highest BCUT2D eigenvalue weighted by atomic mass is 16.4. The standard InChI is InChI=1S/C16H12N2O3/c1-9-7-14(19)18-15(17-9)11-5-6-12-10(8-11)3-2-4-13(12)16(20)21/h2-8H,1H3,(H,20,21)(H,17,18,19). The Hall–Kier alpha value is -2.95. The van der Waals surface area contributed by atoms with Crippen molar-refractivity contribution in [1.29, 1.82) is 0 Å². The second-order valence-corrected chi connectivity index (χ2v) is 4.78. The maximum Gasteiger partial charge on any atom is 0.336 e. The zero-order valence-corrected chi connectivity index (χ0v) is 11.3. The van der Waals surface area contributed by atoms with Crippen LogP contribution in [0.15, 0.2) is 47.3 Å². The molecule has 3 aromatic rings. The average Bonchev–Trinajstić information content (AvgIpc) is 2.44. The molecule has 0 aliphatic rings. The van der Waals surface area contributed by atoms with E-state index in [1.807, 2.05) is 12.1 Å². The summed E-state index contributed by atoms with van der Waals surface area (Å²) in [5, 5.41) is 10.6.